The van der Waals surface area contributed by atoms with Crippen molar-refractivity contribution in [1.29, 1.82) is 0 Å². The Hall–Kier alpha value is -3.90. The number of pyridine rings is 1. The number of alkyl halides is 1. The third-order valence-corrected chi connectivity index (χ3v) is 6.08. The van der Waals surface area contributed by atoms with Crippen LogP contribution in [0.4, 0.5) is 15.0 Å². The molecular formula is C25H23ClFN5O3. The minimum atomic E-state index is -1.37. The second kappa shape index (κ2) is 10.6. The van der Waals surface area contributed by atoms with Crippen molar-refractivity contribution in [3.63, 3.8) is 0 Å². The second-order valence-electron chi connectivity index (χ2n) is 8.28. The third kappa shape index (κ3) is 5.78. The fraction of sp³-hybridized carbons (Fsp3) is 0.280. The number of carbonyl (C=O) groups excluding carboxylic acids is 1. The molecule has 2 aromatic heterocycles. The minimum absolute atomic E-state index is 0.0914. The second-order valence-corrected chi connectivity index (χ2v) is 8.68. The van der Waals surface area contributed by atoms with Crippen LogP contribution in [-0.2, 0) is 6.54 Å². The average Bonchev–Trinajstić information content (AvgIpc) is 3.21. The topological polar surface area (TPSA) is 100 Å². The molecule has 0 radical (unpaired) electrons. The molecule has 1 saturated heterocycles. The van der Waals surface area contributed by atoms with E-state index in [4.69, 9.17) is 16.7 Å². The highest BCUT2D eigenvalue weighted by atomic mass is 35.5. The van der Waals surface area contributed by atoms with Crippen molar-refractivity contribution < 1.29 is 19.1 Å². The maximum atomic E-state index is 14.6. The highest BCUT2D eigenvalue weighted by Gasteiger charge is 2.33. The van der Waals surface area contributed by atoms with Gasteiger partial charge in [0, 0.05) is 36.3 Å². The van der Waals surface area contributed by atoms with Crippen LogP contribution < -0.4 is 5.32 Å². The van der Waals surface area contributed by atoms with Gasteiger partial charge in [0.25, 0.3) is 5.91 Å². The van der Waals surface area contributed by atoms with Crippen LogP contribution in [0.2, 0.25) is 5.02 Å². The number of aryl methyl sites for hydroxylation is 1. The number of hydrogen-bond donors (Lipinski definition) is 2. The number of piperidine rings is 1. The van der Waals surface area contributed by atoms with E-state index < -0.39 is 24.1 Å². The van der Waals surface area contributed by atoms with Gasteiger partial charge in [-0.2, -0.15) is 5.10 Å². The molecule has 180 valence electrons. The Morgan fingerprint density at radius 1 is 1.23 bits per heavy atom. The van der Waals surface area contributed by atoms with Crippen molar-refractivity contribution in [3.05, 3.63) is 76.2 Å². The van der Waals surface area contributed by atoms with Gasteiger partial charge >= 0.3 is 6.09 Å². The molecule has 2 amide bonds. The average molecular weight is 496 g/mol. The van der Waals surface area contributed by atoms with Gasteiger partial charge in [0.2, 0.25) is 0 Å². The number of carboxylic acid groups (broad SMARTS) is 1. The van der Waals surface area contributed by atoms with E-state index in [1.165, 1.54) is 10.9 Å². The molecule has 0 aliphatic carbocycles. The Labute approximate surface area is 206 Å². The number of hydrogen-bond acceptors (Lipinski definition) is 4. The summed E-state index contributed by atoms with van der Waals surface area (Å²) in [6, 6.07) is 11.4. The fourth-order valence-electron chi connectivity index (χ4n) is 3.89. The molecule has 0 unspecified atom stereocenters. The summed E-state index contributed by atoms with van der Waals surface area (Å²) in [6.07, 6.45) is 0.707. The van der Waals surface area contributed by atoms with Crippen molar-refractivity contribution in [2.45, 2.75) is 26.1 Å². The molecule has 4 rings (SSSR count). The molecule has 35 heavy (non-hydrogen) atoms. The molecule has 1 aliphatic rings. The van der Waals surface area contributed by atoms with Crippen LogP contribution >= 0.6 is 11.6 Å². The summed E-state index contributed by atoms with van der Waals surface area (Å²) in [5.74, 6) is 5.45. The summed E-state index contributed by atoms with van der Waals surface area (Å²) in [7, 11) is 0. The lowest BCUT2D eigenvalue weighted by atomic mass is 9.95. The highest BCUT2D eigenvalue weighted by molar-refractivity contribution is 6.34. The molecule has 1 aromatic carbocycles. The van der Waals surface area contributed by atoms with Gasteiger partial charge in [-0.05, 0) is 37.1 Å². The molecule has 10 heteroatoms. The van der Waals surface area contributed by atoms with Crippen LogP contribution in [0.25, 0.3) is 0 Å². The van der Waals surface area contributed by atoms with E-state index in [1.807, 2.05) is 36.4 Å². The Morgan fingerprint density at radius 3 is 2.66 bits per heavy atom. The van der Waals surface area contributed by atoms with E-state index >= 15 is 0 Å². The first-order valence-electron chi connectivity index (χ1n) is 11.0. The highest BCUT2D eigenvalue weighted by Crippen LogP contribution is 2.25. The lowest BCUT2D eigenvalue weighted by Gasteiger charge is -2.33. The number of amides is 2. The smallest absolute Gasteiger partial charge is 0.407 e. The van der Waals surface area contributed by atoms with Crippen molar-refractivity contribution >= 4 is 29.4 Å². The van der Waals surface area contributed by atoms with Crippen molar-refractivity contribution in [2.24, 2.45) is 5.92 Å². The number of nitrogens with one attached hydrogen (secondary N) is 1. The molecule has 0 saturated carbocycles. The largest absolute Gasteiger partial charge is 0.465 e. The predicted molar refractivity (Wildman–Crippen MR) is 129 cm³/mol. The van der Waals surface area contributed by atoms with Crippen LogP contribution in [0.3, 0.4) is 0 Å². The monoisotopic (exact) mass is 495 g/mol. The van der Waals surface area contributed by atoms with E-state index in [2.05, 4.69) is 27.2 Å². The Kier molecular flexibility index (Phi) is 7.32. The van der Waals surface area contributed by atoms with Crippen molar-refractivity contribution in [1.82, 2.24) is 19.7 Å². The third-order valence-electron chi connectivity index (χ3n) is 5.80. The molecule has 0 spiro atoms. The lowest BCUT2D eigenvalue weighted by Crippen LogP contribution is -2.45. The van der Waals surface area contributed by atoms with E-state index in [1.54, 1.807) is 13.1 Å². The summed E-state index contributed by atoms with van der Waals surface area (Å²) in [6.45, 7) is 1.92. The van der Waals surface area contributed by atoms with Gasteiger partial charge in [0.1, 0.15) is 17.7 Å². The molecule has 8 nitrogen and oxygen atoms in total. The zero-order chi connectivity index (χ0) is 24.9. The fourth-order valence-corrected chi connectivity index (χ4v) is 4.12. The van der Waals surface area contributed by atoms with Crippen LogP contribution in [0.15, 0.2) is 48.8 Å². The zero-order valence-corrected chi connectivity index (χ0v) is 19.7. The zero-order valence-electron chi connectivity index (χ0n) is 18.9. The maximum Gasteiger partial charge on any atom is 0.407 e. The number of likely N-dealkylation sites (tertiary alicyclic amines) is 1. The standard InChI is InChI=1S/C25H23ClFN5O3/c1-16-11-18(8-7-17-5-3-2-4-6-17)12-28-23(16)30-24(33)22-20(26)13-29-32(22)14-19-9-10-31(25(34)35)15-21(19)27/h2-6,11-13,19,21H,9-10,14-15H2,1H3,(H,34,35)(H,28,30,33)/t19-,21+/m0/s1. The number of benzene rings is 1. The Bertz CT molecular complexity index is 1300. The van der Waals surface area contributed by atoms with Gasteiger partial charge < -0.3 is 15.3 Å². The number of anilines is 1. The molecule has 2 atom stereocenters. The van der Waals surface area contributed by atoms with Gasteiger partial charge in [0.05, 0.1) is 17.8 Å². The predicted octanol–water partition coefficient (Wildman–Crippen LogP) is 4.23. The Balaban J connectivity index is 1.46. The quantitative estimate of drug-likeness (QED) is 0.527. The number of aromatic nitrogens is 3. The van der Waals surface area contributed by atoms with Crippen LogP contribution in [0.5, 0.6) is 0 Å². The van der Waals surface area contributed by atoms with E-state index in [9.17, 15) is 14.0 Å². The van der Waals surface area contributed by atoms with Gasteiger partial charge in [-0.25, -0.2) is 14.2 Å². The normalized spacial score (nSPS) is 17.4. The first kappa shape index (κ1) is 24.2. The first-order chi connectivity index (χ1) is 16.8. The number of halogens is 2. The molecule has 1 aliphatic heterocycles. The van der Waals surface area contributed by atoms with Gasteiger partial charge in [-0.1, -0.05) is 41.6 Å². The molecular weight excluding hydrogens is 473 g/mol. The number of carbonyl (C=O) groups is 2. The molecule has 3 aromatic rings. The number of nitrogens with zero attached hydrogens (tertiary/aromatic N) is 4. The summed E-state index contributed by atoms with van der Waals surface area (Å²) in [5, 5.41) is 16.1. The molecule has 0 bridgehead atoms. The summed E-state index contributed by atoms with van der Waals surface area (Å²) in [4.78, 5) is 29.5. The van der Waals surface area contributed by atoms with Crippen molar-refractivity contribution in [2.75, 3.05) is 18.4 Å². The SMILES string of the molecule is Cc1cc(C#Cc2ccccc2)cnc1NC(=O)c1c(Cl)cnn1C[C@@H]1CCN(C(=O)O)C[C@H]1F. The summed E-state index contributed by atoms with van der Waals surface area (Å²) < 4.78 is 16.0. The molecule has 1 fully saturated rings. The van der Waals surface area contributed by atoms with E-state index in [-0.39, 0.29) is 30.4 Å². The van der Waals surface area contributed by atoms with E-state index in [0.29, 0.717) is 23.4 Å². The van der Waals surface area contributed by atoms with Gasteiger partial charge in [-0.3, -0.25) is 9.48 Å². The number of rotatable bonds is 4. The van der Waals surface area contributed by atoms with Gasteiger partial charge in [-0.15, -0.1) is 0 Å². The van der Waals surface area contributed by atoms with E-state index in [0.717, 1.165) is 10.5 Å². The van der Waals surface area contributed by atoms with Crippen molar-refractivity contribution in [3.8, 4) is 11.8 Å². The maximum absolute atomic E-state index is 14.6. The van der Waals surface area contributed by atoms with Gasteiger partial charge in [0.15, 0.2) is 0 Å². The minimum Gasteiger partial charge on any atom is -0.465 e. The Morgan fingerprint density at radius 2 is 1.97 bits per heavy atom. The summed E-state index contributed by atoms with van der Waals surface area (Å²) >= 11 is 6.23. The molecule has 2 N–H and O–H groups in total. The van der Waals surface area contributed by atoms with Crippen LogP contribution in [-0.4, -0.2) is 56.0 Å². The lowest BCUT2D eigenvalue weighted by molar-refractivity contribution is 0.0677. The van der Waals surface area contributed by atoms with Crippen LogP contribution in [0, 0.1) is 24.7 Å². The first-order valence-corrected chi connectivity index (χ1v) is 11.4. The van der Waals surface area contributed by atoms with Crippen LogP contribution in [0.1, 0.15) is 33.6 Å². The molecule has 3 heterocycles. The summed E-state index contributed by atoms with van der Waals surface area (Å²) in [5.41, 5.74) is 2.39.